The predicted octanol–water partition coefficient (Wildman–Crippen LogP) is 4.30. The molecule has 0 spiro atoms. The highest BCUT2D eigenvalue weighted by atomic mass is 19.1. The maximum Gasteiger partial charge on any atom is 0.337 e. The van der Waals surface area contributed by atoms with Gasteiger partial charge in [-0.1, -0.05) is 24.3 Å². The number of ether oxygens (including phenoxy) is 1. The van der Waals surface area contributed by atoms with E-state index < -0.39 is 0 Å². The molecule has 112 valence electrons. The van der Waals surface area contributed by atoms with Gasteiger partial charge in [0.25, 0.3) is 0 Å². The van der Waals surface area contributed by atoms with Crippen LogP contribution in [0.25, 0.3) is 5.57 Å². The van der Waals surface area contributed by atoms with Crippen LogP contribution in [0.2, 0.25) is 0 Å². The molecule has 2 nitrogen and oxygen atoms in total. The summed E-state index contributed by atoms with van der Waals surface area (Å²) in [7, 11) is 1.36. The van der Waals surface area contributed by atoms with Gasteiger partial charge in [0, 0.05) is 5.56 Å². The Hall–Kier alpha value is -2.42. The van der Waals surface area contributed by atoms with E-state index in [9.17, 15) is 9.18 Å². The number of carbonyl (C=O) groups excluding carboxylic acids is 1. The number of rotatable bonds is 2. The zero-order chi connectivity index (χ0) is 15.7. The molecule has 0 atom stereocenters. The topological polar surface area (TPSA) is 26.3 Å². The molecule has 0 aliphatic heterocycles. The summed E-state index contributed by atoms with van der Waals surface area (Å²) < 4.78 is 19.1. The van der Waals surface area contributed by atoms with Gasteiger partial charge in [0.15, 0.2) is 0 Å². The Balaban J connectivity index is 2.12. The Bertz CT molecular complexity index is 775. The van der Waals surface area contributed by atoms with Crippen molar-refractivity contribution in [1.82, 2.24) is 0 Å². The molecule has 0 unspecified atom stereocenters. The highest BCUT2D eigenvalue weighted by molar-refractivity contribution is 5.92. The minimum Gasteiger partial charge on any atom is -0.465 e. The van der Waals surface area contributed by atoms with Crippen molar-refractivity contribution in [3.05, 3.63) is 76.1 Å². The summed E-state index contributed by atoms with van der Waals surface area (Å²) in [5.41, 5.74) is 4.85. The molecule has 2 aromatic rings. The summed E-state index contributed by atoms with van der Waals surface area (Å²) in [5, 5.41) is 0. The van der Waals surface area contributed by atoms with Crippen LogP contribution in [0.1, 0.15) is 39.0 Å². The Morgan fingerprint density at radius 2 is 1.95 bits per heavy atom. The van der Waals surface area contributed by atoms with E-state index in [0.717, 1.165) is 35.1 Å². The Morgan fingerprint density at radius 3 is 2.68 bits per heavy atom. The maximum absolute atomic E-state index is 14.3. The molecule has 1 aliphatic rings. The summed E-state index contributed by atoms with van der Waals surface area (Å²) in [5.74, 6) is -0.611. The number of esters is 1. The molecule has 0 fully saturated rings. The van der Waals surface area contributed by atoms with Gasteiger partial charge in [0.1, 0.15) is 5.82 Å². The number of methoxy groups -OCH3 is 1. The summed E-state index contributed by atoms with van der Waals surface area (Å²) in [6.45, 7) is 1.87. The first-order valence-electron chi connectivity index (χ1n) is 7.28. The molecular formula is C19H17FO2. The molecule has 0 saturated carbocycles. The van der Waals surface area contributed by atoms with Gasteiger partial charge in [-0.25, -0.2) is 9.18 Å². The Labute approximate surface area is 129 Å². The van der Waals surface area contributed by atoms with Gasteiger partial charge in [-0.15, -0.1) is 0 Å². The predicted molar refractivity (Wildman–Crippen MR) is 84.3 cm³/mol. The van der Waals surface area contributed by atoms with Crippen molar-refractivity contribution in [1.29, 1.82) is 0 Å². The van der Waals surface area contributed by atoms with E-state index in [1.807, 2.05) is 25.1 Å². The van der Waals surface area contributed by atoms with Crippen molar-refractivity contribution in [3.63, 3.8) is 0 Å². The number of benzene rings is 2. The van der Waals surface area contributed by atoms with Crippen LogP contribution in [0.3, 0.4) is 0 Å². The van der Waals surface area contributed by atoms with Crippen molar-refractivity contribution >= 4 is 11.5 Å². The number of hydrogen-bond acceptors (Lipinski definition) is 2. The third kappa shape index (κ3) is 2.54. The first-order chi connectivity index (χ1) is 10.6. The first kappa shape index (κ1) is 14.5. The lowest BCUT2D eigenvalue weighted by molar-refractivity contribution is 0.0600. The molecule has 0 N–H and O–H groups in total. The van der Waals surface area contributed by atoms with Crippen LogP contribution in [0.5, 0.6) is 0 Å². The average molecular weight is 296 g/mol. The first-order valence-corrected chi connectivity index (χ1v) is 7.28. The molecule has 2 aromatic carbocycles. The van der Waals surface area contributed by atoms with Crippen LogP contribution in [0.4, 0.5) is 4.39 Å². The number of fused-ring (bicyclic) bond motifs is 1. The van der Waals surface area contributed by atoms with Crippen molar-refractivity contribution in [2.24, 2.45) is 0 Å². The van der Waals surface area contributed by atoms with Crippen LogP contribution in [-0.4, -0.2) is 13.1 Å². The normalized spacial score (nSPS) is 13.3. The molecular weight excluding hydrogens is 279 g/mol. The Kier molecular flexibility index (Phi) is 3.80. The van der Waals surface area contributed by atoms with E-state index in [1.54, 1.807) is 18.2 Å². The van der Waals surface area contributed by atoms with Crippen molar-refractivity contribution in [2.75, 3.05) is 7.11 Å². The molecule has 0 radical (unpaired) electrons. The van der Waals surface area contributed by atoms with E-state index in [-0.39, 0.29) is 11.8 Å². The number of carbonyl (C=O) groups is 1. The third-order valence-corrected chi connectivity index (χ3v) is 4.00. The lowest BCUT2D eigenvalue weighted by Crippen LogP contribution is -2.07. The van der Waals surface area contributed by atoms with E-state index >= 15 is 0 Å². The zero-order valence-corrected chi connectivity index (χ0v) is 12.7. The van der Waals surface area contributed by atoms with E-state index in [1.165, 1.54) is 13.2 Å². The van der Waals surface area contributed by atoms with Crippen LogP contribution in [0, 0.1) is 12.7 Å². The fraction of sp³-hybridized carbons (Fsp3) is 0.211. The minimum absolute atomic E-state index is 0.234. The molecule has 0 bridgehead atoms. The number of hydrogen-bond donors (Lipinski definition) is 0. The molecule has 3 rings (SSSR count). The third-order valence-electron chi connectivity index (χ3n) is 4.00. The summed E-state index contributed by atoms with van der Waals surface area (Å²) in [6, 6.07) is 10.7. The average Bonchev–Trinajstić information content (AvgIpc) is 2.53. The molecule has 22 heavy (non-hydrogen) atoms. The SMILES string of the molecule is COC(=O)c1ccc2c(c1)C(c1ccc(C)cc1F)=CCC2. The maximum atomic E-state index is 14.3. The van der Waals surface area contributed by atoms with Gasteiger partial charge in [-0.2, -0.15) is 0 Å². The second-order valence-electron chi connectivity index (χ2n) is 5.50. The standard InChI is InChI=1S/C19H17FO2/c1-12-6-9-16(18(20)10-12)15-5-3-4-13-7-8-14(11-17(13)15)19(21)22-2/h5-11H,3-4H2,1-2H3. The molecule has 1 aliphatic carbocycles. The zero-order valence-electron chi connectivity index (χ0n) is 12.7. The van der Waals surface area contributed by atoms with E-state index in [2.05, 4.69) is 0 Å². The molecule has 0 saturated heterocycles. The van der Waals surface area contributed by atoms with Gasteiger partial charge in [0.2, 0.25) is 0 Å². The second-order valence-corrected chi connectivity index (χ2v) is 5.50. The van der Waals surface area contributed by atoms with Crippen LogP contribution in [-0.2, 0) is 11.2 Å². The van der Waals surface area contributed by atoms with Crippen molar-refractivity contribution in [3.8, 4) is 0 Å². The summed E-state index contributed by atoms with van der Waals surface area (Å²) >= 11 is 0. The fourth-order valence-corrected chi connectivity index (χ4v) is 2.87. The molecule has 3 heteroatoms. The van der Waals surface area contributed by atoms with E-state index in [4.69, 9.17) is 4.74 Å². The summed E-state index contributed by atoms with van der Waals surface area (Å²) in [4.78, 5) is 11.7. The fourth-order valence-electron chi connectivity index (χ4n) is 2.87. The van der Waals surface area contributed by atoms with Crippen LogP contribution in [0.15, 0.2) is 42.5 Å². The monoisotopic (exact) mass is 296 g/mol. The van der Waals surface area contributed by atoms with E-state index in [0.29, 0.717) is 11.1 Å². The smallest absolute Gasteiger partial charge is 0.337 e. The largest absolute Gasteiger partial charge is 0.465 e. The van der Waals surface area contributed by atoms with Gasteiger partial charge < -0.3 is 4.74 Å². The molecule has 0 aromatic heterocycles. The number of aryl methyl sites for hydroxylation is 2. The van der Waals surface area contributed by atoms with Crippen LogP contribution >= 0.6 is 0 Å². The highest BCUT2D eigenvalue weighted by Gasteiger charge is 2.19. The van der Waals surface area contributed by atoms with Crippen molar-refractivity contribution in [2.45, 2.75) is 19.8 Å². The minimum atomic E-state index is -0.378. The lowest BCUT2D eigenvalue weighted by atomic mass is 9.85. The number of halogens is 1. The number of allylic oxidation sites excluding steroid dienone is 1. The van der Waals surface area contributed by atoms with Gasteiger partial charge in [-0.3, -0.25) is 0 Å². The van der Waals surface area contributed by atoms with Gasteiger partial charge in [-0.05, 0) is 60.2 Å². The van der Waals surface area contributed by atoms with Crippen molar-refractivity contribution < 1.29 is 13.9 Å². The highest BCUT2D eigenvalue weighted by Crippen LogP contribution is 2.34. The molecule has 0 amide bonds. The van der Waals surface area contributed by atoms with Crippen LogP contribution < -0.4 is 0 Å². The lowest BCUT2D eigenvalue weighted by Gasteiger charge is -2.19. The Morgan fingerprint density at radius 1 is 1.14 bits per heavy atom. The second kappa shape index (κ2) is 5.76. The van der Waals surface area contributed by atoms with Gasteiger partial charge >= 0.3 is 5.97 Å². The molecule has 0 heterocycles. The summed E-state index contributed by atoms with van der Waals surface area (Å²) in [6.07, 6.45) is 3.80. The quantitative estimate of drug-likeness (QED) is 0.772. The van der Waals surface area contributed by atoms with Gasteiger partial charge in [0.05, 0.1) is 12.7 Å².